The molecule has 5 heteroatoms. The maximum atomic E-state index is 11.0. The van der Waals surface area contributed by atoms with E-state index in [4.69, 9.17) is 0 Å². The minimum Gasteiger partial charge on any atom is -0.390 e. The zero-order chi connectivity index (χ0) is 11.7. The van der Waals surface area contributed by atoms with Gasteiger partial charge in [0.25, 0.3) is 0 Å². The van der Waals surface area contributed by atoms with Gasteiger partial charge in [-0.1, -0.05) is 13.3 Å². The Morgan fingerprint density at radius 2 is 2.07 bits per heavy atom. The summed E-state index contributed by atoms with van der Waals surface area (Å²) >= 11 is 0. The van der Waals surface area contributed by atoms with Gasteiger partial charge in [0.05, 0.1) is 11.9 Å². The van der Waals surface area contributed by atoms with E-state index in [1.54, 1.807) is 6.92 Å². The van der Waals surface area contributed by atoms with Crippen LogP contribution in [0.4, 0.5) is 0 Å². The molecular weight excluding hydrogens is 214 g/mol. The monoisotopic (exact) mass is 235 g/mol. The summed E-state index contributed by atoms with van der Waals surface area (Å²) in [5.41, 5.74) is -0.741. The number of aliphatic hydroxyl groups is 1. The molecule has 0 aliphatic heterocycles. The van der Waals surface area contributed by atoms with Gasteiger partial charge in [0.15, 0.2) is 0 Å². The predicted molar refractivity (Wildman–Crippen MR) is 60.0 cm³/mol. The van der Waals surface area contributed by atoms with Crippen molar-refractivity contribution < 1.29 is 13.5 Å². The standard InChI is InChI=1S/C10H21NO3S/c1-8-4-5-9(10(2,12)6-8)7-11-15(3,13)14/h8-9,11-12H,4-7H2,1-3H3. The lowest BCUT2D eigenvalue weighted by molar-refractivity contribution is -0.0450. The Bertz CT molecular complexity index is 311. The Hall–Kier alpha value is -0.130. The average molecular weight is 235 g/mol. The van der Waals surface area contributed by atoms with Gasteiger partial charge in [0.2, 0.25) is 10.0 Å². The first kappa shape index (κ1) is 12.9. The van der Waals surface area contributed by atoms with Gasteiger partial charge in [0, 0.05) is 12.5 Å². The second-order valence-corrected chi connectivity index (χ2v) is 6.89. The van der Waals surface area contributed by atoms with Gasteiger partial charge in [-0.2, -0.15) is 0 Å². The first-order chi connectivity index (χ1) is 6.71. The number of hydrogen-bond donors (Lipinski definition) is 2. The van der Waals surface area contributed by atoms with E-state index in [1.165, 1.54) is 0 Å². The Morgan fingerprint density at radius 1 is 1.47 bits per heavy atom. The molecule has 1 rings (SSSR count). The third-order valence-corrected chi connectivity index (χ3v) is 3.93. The molecule has 15 heavy (non-hydrogen) atoms. The van der Waals surface area contributed by atoms with Crippen molar-refractivity contribution in [3.8, 4) is 0 Å². The third-order valence-electron chi connectivity index (χ3n) is 3.24. The minimum atomic E-state index is -3.15. The van der Waals surface area contributed by atoms with Crippen LogP contribution in [0.5, 0.6) is 0 Å². The van der Waals surface area contributed by atoms with Crippen LogP contribution in [0.2, 0.25) is 0 Å². The van der Waals surface area contributed by atoms with Crippen molar-refractivity contribution in [1.82, 2.24) is 4.72 Å². The number of rotatable bonds is 3. The zero-order valence-electron chi connectivity index (χ0n) is 9.66. The van der Waals surface area contributed by atoms with Crippen molar-refractivity contribution >= 4 is 10.0 Å². The molecular formula is C10H21NO3S. The molecule has 0 amide bonds. The van der Waals surface area contributed by atoms with Crippen LogP contribution in [0, 0.1) is 11.8 Å². The van der Waals surface area contributed by atoms with E-state index in [2.05, 4.69) is 11.6 Å². The smallest absolute Gasteiger partial charge is 0.208 e. The summed E-state index contributed by atoms with van der Waals surface area (Å²) in [6.45, 7) is 4.27. The summed E-state index contributed by atoms with van der Waals surface area (Å²) in [6, 6.07) is 0. The molecule has 1 fully saturated rings. The van der Waals surface area contributed by atoms with Crippen molar-refractivity contribution in [2.45, 2.75) is 38.7 Å². The van der Waals surface area contributed by atoms with Crippen LogP contribution in [-0.2, 0) is 10.0 Å². The maximum Gasteiger partial charge on any atom is 0.208 e. The summed E-state index contributed by atoms with van der Waals surface area (Å²) in [7, 11) is -3.15. The van der Waals surface area contributed by atoms with Crippen molar-refractivity contribution in [3.63, 3.8) is 0 Å². The Morgan fingerprint density at radius 3 is 2.53 bits per heavy atom. The largest absolute Gasteiger partial charge is 0.390 e. The molecule has 0 heterocycles. The van der Waals surface area contributed by atoms with Crippen molar-refractivity contribution in [2.24, 2.45) is 11.8 Å². The fraction of sp³-hybridized carbons (Fsp3) is 1.00. The Kier molecular flexibility index (Phi) is 3.79. The normalized spacial score (nSPS) is 37.9. The summed E-state index contributed by atoms with van der Waals surface area (Å²) in [6.07, 6.45) is 3.85. The van der Waals surface area contributed by atoms with E-state index >= 15 is 0 Å². The highest BCUT2D eigenvalue weighted by Gasteiger charge is 2.37. The van der Waals surface area contributed by atoms with Gasteiger partial charge in [-0.15, -0.1) is 0 Å². The number of sulfonamides is 1. The molecule has 4 nitrogen and oxygen atoms in total. The van der Waals surface area contributed by atoms with Crippen LogP contribution in [0.1, 0.15) is 33.1 Å². The summed E-state index contributed by atoms with van der Waals surface area (Å²) in [5, 5.41) is 10.2. The number of nitrogens with one attached hydrogen (secondary N) is 1. The SMILES string of the molecule is CC1CCC(CNS(C)(=O)=O)C(C)(O)C1. The lowest BCUT2D eigenvalue weighted by Crippen LogP contribution is -2.45. The molecule has 3 atom stereocenters. The first-order valence-corrected chi connectivity index (χ1v) is 7.27. The van der Waals surface area contributed by atoms with Crippen molar-refractivity contribution in [2.75, 3.05) is 12.8 Å². The highest BCUT2D eigenvalue weighted by atomic mass is 32.2. The van der Waals surface area contributed by atoms with Crippen LogP contribution >= 0.6 is 0 Å². The highest BCUT2D eigenvalue weighted by Crippen LogP contribution is 2.36. The third kappa shape index (κ3) is 4.09. The molecule has 0 aromatic rings. The Balaban J connectivity index is 2.55. The van der Waals surface area contributed by atoms with Gasteiger partial charge in [-0.25, -0.2) is 13.1 Å². The van der Waals surface area contributed by atoms with Gasteiger partial charge < -0.3 is 5.11 Å². The van der Waals surface area contributed by atoms with E-state index in [0.717, 1.165) is 25.5 Å². The first-order valence-electron chi connectivity index (χ1n) is 5.38. The number of hydrogen-bond acceptors (Lipinski definition) is 3. The molecule has 0 radical (unpaired) electrons. The molecule has 0 bridgehead atoms. The molecule has 0 spiro atoms. The maximum absolute atomic E-state index is 11.0. The van der Waals surface area contributed by atoms with E-state index in [9.17, 15) is 13.5 Å². The molecule has 3 unspecified atom stereocenters. The fourth-order valence-electron chi connectivity index (χ4n) is 2.34. The zero-order valence-corrected chi connectivity index (χ0v) is 10.5. The van der Waals surface area contributed by atoms with E-state index in [1.807, 2.05) is 0 Å². The van der Waals surface area contributed by atoms with Crippen LogP contribution in [-0.4, -0.2) is 31.9 Å². The molecule has 1 aliphatic carbocycles. The van der Waals surface area contributed by atoms with Crippen molar-refractivity contribution in [1.29, 1.82) is 0 Å². The van der Waals surface area contributed by atoms with Crippen LogP contribution in [0.25, 0.3) is 0 Å². The van der Waals surface area contributed by atoms with E-state index in [0.29, 0.717) is 12.5 Å². The average Bonchev–Trinajstić information content (AvgIpc) is 1.98. The second-order valence-electron chi connectivity index (χ2n) is 5.06. The molecule has 90 valence electrons. The van der Waals surface area contributed by atoms with Gasteiger partial charge in [0.1, 0.15) is 0 Å². The molecule has 0 aromatic carbocycles. The fourth-order valence-corrected chi connectivity index (χ4v) is 2.85. The van der Waals surface area contributed by atoms with Gasteiger partial charge in [-0.3, -0.25) is 0 Å². The topological polar surface area (TPSA) is 66.4 Å². The van der Waals surface area contributed by atoms with E-state index < -0.39 is 15.6 Å². The molecule has 2 N–H and O–H groups in total. The van der Waals surface area contributed by atoms with E-state index in [-0.39, 0.29) is 5.92 Å². The lowest BCUT2D eigenvalue weighted by atomic mass is 9.72. The van der Waals surface area contributed by atoms with Crippen LogP contribution in [0.3, 0.4) is 0 Å². The van der Waals surface area contributed by atoms with Crippen LogP contribution < -0.4 is 4.72 Å². The predicted octanol–water partition coefficient (Wildman–Crippen LogP) is 0.723. The quantitative estimate of drug-likeness (QED) is 0.757. The molecule has 0 aromatic heterocycles. The Labute approximate surface area is 92.1 Å². The molecule has 1 saturated carbocycles. The van der Waals surface area contributed by atoms with Gasteiger partial charge in [-0.05, 0) is 25.7 Å². The van der Waals surface area contributed by atoms with Gasteiger partial charge >= 0.3 is 0 Å². The summed E-state index contributed by atoms with van der Waals surface area (Å²) in [4.78, 5) is 0. The summed E-state index contributed by atoms with van der Waals surface area (Å²) in [5.74, 6) is 0.554. The summed E-state index contributed by atoms with van der Waals surface area (Å²) < 4.78 is 24.4. The minimum absolute atomic E-state index is 0.0309. The second kappa shape index (κ2) is 4.39. The highest BCUT2D eigenvalue weighted by molar-refractivity contribution is 7.88. The van der Waals surface area contributed by atoms with Crippen molar-refractivity contribution in [3.05, 3.63) is 0 Å². The lowest BCUT2D eigenvalue weighted by Gasteiger charge is -2.40. The van der Waals surface area contributed by atoms with Crippen LogP contribution in [0.15, 0.2) is 0 Å². The molecule has 1 aliphatic rings. The molecule has 0 saturated heterocycles.